The van der Waals surface area contributed by atoms with Gasteiger partial charge in [0.25, 0.3) is 5.56 Å². The molecule has 2 aromatic carbocycles. The van der Waals surface area contributed by atoms with Crippen molar-refractivity contribution in [2.75, 3.05) is 10.5 Å². The fraction of sp³-hybridized carbons (Fsp3) is 0.136. The smallest absolute Gasteiger partial charge is 0.454 e. The molecule has 0 saturated heterocycles. The SMILES string of the molecule is CCS(=O)(=O)Nc1ccc(Oc2ccc(F)cc2F)c(-c2cn(C(F)(F)F)c(=O)c3cc[nH]c23)c1. The van der Waals surface area contributed by atoms with Crippen LogP contribution in [-0.4, -0.2) is 23.7 Å². The zero-order chi connectivity index (χ0) is 25.5. The van der Waals surface area contributed by atoms with Crippen LogP contribution in [0.4, 0.5) is 27.6 Å². The molecule has 184 valence electrons. The van der Waals surface area contributed by atoms with Crippen molar-refractivity contribution in [1.82, 2.24) is 9.55 Å². The molecule has 7 nitrogen and oxygen atoms in total. The molecule has 0 aliphatic heterocycles. The number of anilines is 1. The van der Waals surface area contributed by atoms with Gasteiger partial charge >= 0.3 is 6.30 Å². The lowest BCUT2D eigenvalue weighted by Gasteiger charge is -2.17. The molecule has 0 aliphatic carbocycles. The number of aromatic amines is 1. The molecule has 13 heteroatoms. The summed E-state index contributed by atoms with van der Waals surface area (Å²) in [6.45, 7) is 1.39. The van der Waals surface area contributed by atoms with E-state index < -0.39 is 43.8 Å². The number of fused-ring (bicyclic) bond motifs is 1. The molecule has 4 rings (SSSR count). The lowest BCUT2D eigenvalue weighted by Crippen LogP contribution is -2.30. The van der Waals surface area contributed by atoms with Gasteiger partial charge in [-0.25, -0.2) is 21.8 Å². The number of aromatic nitrogens is 2. The van der Waals surface area contributed by atoms with E-state index in [0.29, 0.717) is 12.3 Å². The number of nitrogens with one attached hydrogen (secondary N) is 2. The molecule has 0 radical (unpaired) electrons. The van der Waals surface area contributed by atoms with Crippen LogP contribution in [0.5, 0.6) is 11.5 Å². The van der Waals surface area contributed by atoms with E-state index in [2.05, 4.69) is 9.71 Å². The number of nitrogens with zero attached hydrogens (tertiary/aromatic N) is 1. The molecule has 2 N–H and O–H groups in total. The van der Waals surface area contributed by atoms with Gasteiger partial charge < -0.3 is 9.72 Å². The van der Waals surface area contributed by atoms with Gasteiger partial charge in [0.05, 0.1) is 16.7 Å². The first-order valence-electron chi connectivity index (χ1n) is 9.97. The van der Waals surface area contributed by atoms with Crippen LogP contribution in [0, 0.1) is 11.6 Å². The molecule has 35 heavy (non-hydrogen) atoms. The fourth-order valence-electron chi connectivity index (χ4n) is 3.37. The average molecular weight is 513 g/mol. The minimum absolute atomic E-state index is 0.00965. The zero-order valence-corrected chi connectivity index (χ0v) is 18.6. The highest BCUT2D eigenvalue weighted by Gasteiger charge is 2.33. The number of pyridine rings is 1. The molecular formula is C22H16F5N3O4S. The standard InChI is InChI=1S/C22H16F5N3O4S/c1-2-35(32,33)29-13-4-6-18(34-19-5-3-12(23)9-17(19)24)15(10-13)16-11-30(22(25,26)27)21(31)14-7-8-28-20(14)16/h3-11,28-29H,2H2,1H3. The Kier molecular flexibility index (Phi) is 6.05. The molecule has 0 amide bonds. The second kappa shape index (κ2) is 8.73. The van der Waals surface area contributed by atoms with Crippen LogP contribution in [0.3, 0.4) is 0 Å². The molecule has 0 atom stereocenters. The summed E-state index contributed by atoms with van der Waals surface area (Å²) in [5.74, 6) is -2.83. The summed E-state index contributed by atoms with van der Waals surface area (Å²) in [6, 6.07) is 7.30. The molecule has 0 spiro atoms. The van der Waals surface area contributed by atoms with Gasteiger partial charge in [-0.3, -0.25) is 9.52 Å². The van der Waals surface area contributed by atoms with Crippen LogP contribution in [0.1, 0.15) is 6.92 Å². The number of ether oxygens (including phenoxy) is 1. The first kappa shape index (κ1) is 24.3. The first-order valence-corrected chi connectivity index (χ1v) is 11.6. The summed E-state index contributed by atoms with van der Waals surface area (Å²) >= 11 is 0. The lowest BCUT2D eigenvalue weighted by atomic mass is 10.0. The fourth-order valence-corrected chi connectivity index (χ4v) is 4.00. The zero-order valence-electron chi connectivity index (χ0n) is 17.8. The normalized spacial score (nSPS) is 12.2. The predicted molar refractivity (Wildman–Crippen MR) is 119 cm³/mol. The minimum Gasteiger partial charge on any atom is -0.454 e. The van der Waals surface area contributed by atoms with E-state index in [-0.39, 0.29) is 39.2 Å². The number of halogens is 5. The van der Waals surface area contributed by atoms with Crippen molar-refractivity contribution >= 4 is 26.6 Å². The van der Waals surface area contributed by atoms with Gasteiger partial charge in [0.2, 0.25) is 10.0 Å². The van der Waals surface area contributed by atoms with Crippen LogP contribution in [0.15, 0.2) is 59.7 Å². The molecule has 2 heterocycles. The third-order valence-corrected chi connectivity index (χ3v) is 6.34. The van der Waals surface area contributed by atoms with E-state index in [0.717, 1.165) is 18.2 Å². The summed E-state index contributed by atoms with van der Waals surface area (Å²) in [6.07, 6.45) is -3.27. The van der Waals surface area contributed by atoms with Crippen molar-refractivity contribution in [2.45, 2.75) is 13.2 Å². The second-order valence-electron chi connectivity index (χ2n) is 7.35. The molecule has 4 aromatic rings. The highest BCUT2D eigenvalue weighted by atomic mass is 32.2. The van der Waals surface area contributed by atoms with Crippen molar-refractivity contribution in [3.63, 3.8) is 0 Å². The van der Waals surface area contributed by atoms with E-state index in [4.69, 9.17) is 4.74 Å². The van der Waals surface area contributed by atoms with E-state index in [1.54, 1.807) is 0 Å². The Hall–Kier alpha value is -3.87. The quantitative estimate of drug-likeness (QED) is 0.342. The van der Waals surface area contributed by atoms with Crippen LogP contribution in [0.2, 0.25) is 0 Å². The monoisotopic (exact) mass is 513 g/mol. The van der Waals surface area contributed by atoms with Gasteiger partial charge in [0, 0.05) is 35.3 Å². The number of hydrogen-bond acceptors (Lipinski definition) is 4. The Labute approximate surface area is 194 Å². The Morgan fingerprint density at radius 1 is 1.03 bits per heavy atom. The molecule has 0 fully saturated rings. The molecular weight excluding hydrogens is 497 g/mol. The summed E-state index contributed by atoms with van der Waals surface area (Å²) in [4.78, 5) is 15.1. The number of benzene rings is 2. The number of sulfonamides is 1. The molecule has 2 aromatic heterocycles. The van der Waals surface area contributed by atoms with E-state index in [9.17, 15) is 35.2 Å². The second-order valence-corrected chi connectivity index (χ2v) is 9.36. The number of H-pyrrole nitrogens is 1. The number of hydrogen-bond donors (Lipinski definition) is 2. The van der Waals surface area contributed by atoms with Gasteiger partial charge in [-0.1, -0.05) is 0 Å². The van der Waals surface area contributed by atoms with E-state index >= 15 is 0 Å². The average Bonchev–Trinajstić information content (AvgIpc) is 3.27. The third kappa shape index (κ3) is 4.85. The van der Waals surface area contributed by atoms with Crippen LogP contribution >= 0.6 is 0 Å². The van der Waals surface area contributed by atoms with Gasteiger partial charge in [0.1, 0.15) is 11.6 Å². The third-order valence-electron chi connectivity index (χ3n) is 5.03. The molecule has 0 saturated carbocycles. The van der Waals surface area contributed by atoms with Gasteiger partial charge in [0.15, 0.2) is 11.6 Å². The Morgan fingerprint density at radius 2 is 1.74 bits per heavy atom. The van der Waals surface area contributed by atoms with Gasteiger partial charge in [-0.15, -0.1) is 13.2 Å². The maximum Gasteiger partial charge on any atom is 0.491 e. The number of alkyl halides is 3. The summed E-state index contributed by atoms with van der Waals surface area (Å²) in [5.41, 5.74) is -1.62. The van der Waals surface area contributed by atoms with Crippen molar-refractivity contribution in [2.24, 2.45) is 0 Å². The summed E-state index contributed by atoms with van der Waals surface area (Å²) in [7, 11) is -3.76. The first-order chi connectivity index (χ1) is 16.4. The Balaban J connectivity index is 1.98. The largest absolute Gasteiger partial charge is 0.491 e. The van der Waals surface area contributed by atoms with E-state index in [1.165, 1.54) is 31.3 Å². The van der Waals surface area contributed by atoms with Crippen LogP contribution < -0.4 is 15.0 Å². The van der Waals surface area contributed by atoms with Gasteiger partial charge in [-0.2, -0.15) is 0 Å². The predicted octanol–water partition coefficient (Wildman–Crippen LogP) is 5.31. The molecule has 0 aliphatic rings. The Morgan fingerprint density at radius 3 is 2.40 bits per heavy atom. The van der Waals surface area contributed by atoms with E-state index in [1.807, 2.05) is 0 Å². The molecule has 0 bridgehead atoms. The lowest BCUT2D eigenvalue weighted by molar-refractivity contribution is -0.205. The maximum atomic E-state index is 14.2. The highest BCUT2D eigenvalue weighted by molar-refractivity contribution is 7.92. The Bertz CT molecular complexity index is 1590. The minimum atomic E-state index is -5.07. The van der Waals surface area contributed by atoms with Crippen molar-refractivity contribution < 1.29 is 35.1 Å². The highest BCUT2D eigenvalue weighted by Crippen LogP contribution is 2.39. The van der Waals surface area contributed by atoms with Crippen LogP contribution in [0.25, 0.3) is 22.0 Å². The maximum absolute atomic E-state index is 14.2. The summed E-state index contributed by atoms with van der Waals surface area (Å²) in [5, 5.41) is -0.293. The topological polar surface area (TPSA) is 93.2 Å². The van der Waals surface area contributed by atoms with Gasteiger partial charge in [-0.05, 0) is 43.3 Å². The van der Waals surface area contributed by atoms with Crippen molar-refractivity contribution in [1.29, 1.82) is 0 Å². The van der Waals surface area contributed by atoms with Crippen molar-refractivity contribution in [3.8, 4) is 22.6 Å². The van der Waals surface area contributed by atoms with Crippen LogP contribution in [-0.2, 0) is 16.3 Å². The molecule has 0 unspecified atom stereocenters. The van der Waals surface area contributed by atoms with Crippen molar-refractivity contribution in [3.05, 3.63) is 76.8 Å². The number of rotatable bonds is 6. The summed E-state index contributed by atoms with van der Waals surface area (Å²) < 4.78 is 99.8.